The fourth-order valence-electron chi connectivity index (χ4n) is 2.79. The van der Waals surface area contributed by atoms with Crippen LogP contribution in [0.25, 0.3) is 0 Å². The molecule has 1 nitrogen and oxygen atoms in total. The van der Waals surface area contributed by atoms with Crippen LogP contribution in [0.1, 0.15) is 38.7 Å². The van der Waals surface area contributed by atoms with Crippen molar-refractivity contribution in [2.45, 2.75) is 50.2 Å². The van der Waals surface area contributed by atoms with Gasteiger partial charge in [0, 0.05) is 22.1 Å². The molecule has 3 atom stereocenters. The average Bonchev–Trinajstić information content (AvgIpc) is 2.39. The Kier molecular flexibility index (Phi) is 5.61. The second-order valence-corrected chi connectivity index (χ2v) is 7.56. The summed E-state index contributed by atoms with van der Waals surface area (Å²) in [6.45, 7) is 4.66. The molecule has 3 unspecified atom stereocenters. The molecule has 2 rings (SSSR count). The Morgan fingerprint density at radius 2 is 2.05 bits per heavy atom. The minimum absolute atomic E-state index is 0.350. The lowest BCUT2D eigenvalue weighted by molar-refractivity contribution is 0.266. The molecule has 0 amide bonds. The zero-order valence-electron chi connectivity index (χ0n) is 11.8. The molecule has 1 saturated carbocycles. The maximum absolute atomic E-state index is 6.29. The van der Waals surface area contributed by atoms with Crippen LogP contribution in [0.3, 0.4) is 0 Å². The highest BCUT2D eigenvalue weighted by Gasteiger charge is 2.29. The normalized spacial score (nSPS) is 27.7. The summed E-state index contributed by atoms with van der Waals surface area (Å²) in [5.41, 5.74) is 7.52. The summed E-state index contributed by atoms with van der Waals surface area (Å²) in [5, 5.41) is 1.46. The fourth-order valence-corrected chi connectivity index (χ4v) is 4.49. The predicted octanol–water partition coefficient (Wildman–Crippen LogP) is 4.73. The molecule has 0 bridgehead atoms. The predicted molar refractivity (Wildman–Crippen MR) is 86.7 cm³/mol. The van der Waals surface area contributed by atoms with E-state index in [1.54, 1.807) is 0 Å². The van der Waals surface area contributed by atoms with E-state index in [2.05, 4.69) is 26.0 Å². The third kappa shape index (κ3) is 4.14. The van der Waals surface area contributed by atoms with E-state index in [4.69, 9.17) is 17.3 Å². The SMILES string of the molecule is CC(C)C1CCC(N)C(SCc2ccccc2Cl)C1. The van der Waals surface area contributed by atoms with E-state index in [-0.39, 0.29) is 0 Å². The van der Waals surface area contributed by atoms with Crippen LogP contribution in [0.15, 0.2) is 24.3 Å². The van der Waals surface area contributed by atoms with Crippen LogP contribution in [0, 0.1) is 11.8 Å². The van der Waals surface area contributed by atoms with E-state index in [0.717, 1.165) is 22.6 Å². The van der Waals surface area contributed by atoms with Crippen LogP contribution in [-0.4, -0.2) is 11.3 Å². The van der Waals surface area contributed by atoms with E-state index >= 15 is 0 Å². The first-order valence-corrected chi connectivity index (χ1v) is 8.61. The lowest BCUT2D eigenvalue weighted by atomic mass is 9.79. The number of halogens is 1. The van der Waals surface area contributed by atoms with E-state index in [1.165, 1.54) is 24.8 Å². The molecule has 2 N–H and O–H groups in total. The van der Waals surface area contributed by atoms with Gasteiger partial charge in [-0.05, 0) is 42.7 Å². The fraction of sp³-hybridized carbons (Fsp3) is 0.625. The van der Waals surface area contributed by atoms with Gasteiger partial charge in [0.2, 0.25) is 0 Å². The summed E-state index contributed by atoms with van der Waals surface area (Å²) in [7, 11) is 0. The lowest BCUT2D eigenvalue weighted by Gasteiger charge is -2.35. The Hall–Kier alpha value is -0.180. The second kappa shape index (κ2) is 7.01. The molecule has 106 valence electrons. The average molecular weight is 298 g/mol. The van der Waals surface area contributed by atoms with E-state index in [1.807, 2.05) is 23.9 Å². The van der Waals surface area contributed by atoms with Crippen LogP contribution in [0.4, 0.5) is 0 Å². The summed E-state index contributed by atoms with van der Waals surface area (Å²) in [5.74, 6) is 2.59. The highest BCUT2D eigenvalue weighted by Crippen LogP contribution is 2.37. The van der Waals surface area contributed by atoms with Crippen LogP contribution >= 0.6 is 23.4 Å². The third-order valence-electron chi connectivity index (χ3n) is 4.24. The standard InChI is InChI=1S/C16H24ClNS/c1-11(2)12-7-8-15(18)16(9-12)19-10-13-5-3-4-6-14(13)17/h3-6,11-12,15-16H,7-10,18H2,1-2H3. The number of thioether (sulfide) groups is 1. The van der Waals surface area contributed by atoms with Gasteiger partial charge in [0.15, 0.2) is 0 Å². The molecule has 1 fully saturated rings. The van der Waals surface area contributed by atoms with Crippen LogP contribution < -0.4 is 5.73 Å². The number of hydrogen-bond donors (Lipinski definition) is 1. The van der Waals surface area contributed by atoms with Crippen molar-refractivity contribution in [2.24, 2.45) is 17.6 Å². The maximum atomic E-state index is 6.29. The summed E-state index contributed by atoms with van der Waals surface area (Å²) in [6.07, 6.45) is 3.72. The van der Waals surface area contributed by atoms with Gasteiger partial charge >= 0.3 is 0 Å². The molecule has 1 aliphatic rings. The van der Waals surface area contributed by atoms with Gasteiger partial charge in [0.25, 0.3) is 0 Å². The van der Waals surface area contributed by atoms with Crippen molar-refractivity contribution >= 4 is 23.4 Å². The topological polar surface area (TPSA) is 26.0 Å². The van der Waals surface area contributed by atoms with Crippen molar-refractivity contribution in [1.29, 1.82) is 0 Å². The van der Waals surface area contributed by atoms with Crippen LogP contribution in [-0.2, 0) is 5.75 Å². The van der Waals surface area contributed by atoms with Gasteiger partial charge in [0.05, 0.1) is 0 Å². The van der Waals surface area contributed by atoms with Gasteiger partial charge in [0.1, 0.15) is 0 Å². The minimum Gasteiger partial charge on any atom is -0.327 e. The molecular formula is C16H24ClNS. The Morgan fingerprint density at radius 1 is 1.32 bits per heavy atom. The van der Waals surface area contributed by atoms with Gasteiger partial charge in [-0.1, -0.05) is 43.6 Å². The molecule has 1 aromatic carbocycles. The smallest absolute Gasteiger partial charge is 0.0446 e. The minimum atomic E-state index is 0.350. The van der Waals surface area contributed by atoms with Crippen molar-refractivity contribution in [3.63, 3.8) is 0 Å². The highest BCUT2D eigenvalue weighted by molar-refractivity contribution is 7.99. The van der Waals surface area contributed by atoms with Crippen molar-refractivity contribution < 1.29 is 0 Å². The molecule has 0 spiro atoms. The van der Waals surface area contributed by atoms with E-state index in [9.17, 15) is 0 Å². The summed E-state index contributed by atoms with van der Waals surface area (Å²) in [6, 6.07) is 8.47. The zero-order chi connectivity index (χ0) is 13.8. The highest BCUT2D eigenvalue weighted by atomic mass is 35.5. The largest absolute Gasteiger partial charge is 0.327 e. The first-order chi connectivity index (χ1) is 9.08. The second-order valence-electron chi connectivity index (χ2n) is 5.92. The molecule has 0 aromatic heterocycles. The number of nitrogens with two attached hydrogens (primary N) is 1. The van der Waals surface area contributed by atoms with Gasteiger partial charge < -0.3 is 5.73 Å². The van der Waals surface area contributed by atoms with Gasteiger partial charge in [-0.25, -0.2) is 0 Å². The molecule has 1 aliphatic carbocycles. The van der Waals surface area contributed by atoms with E-state index < -0.39 is 0 Å². The van der Waals surface area contributed by atoms with Crippen molar-refractivity contribution in [1.82, 2.24) is 0 Å². The molecule has 0 radical (unpaired) electrons. The molecule has 19 heavy (non-hydrogen) atoms. The van der Waals surface area contributed by atoms with Crippen molar-refractivity contribution in [3.8, 4) is 0 Å². The third-order valence-corrected chi connectivity index (χ3v) is 6.05. The maximum Gasteiger partial charge on any atom is 0.0446 e. The summed E-state index contributed by atoms with van der Waals surface area (Å²) < 4.78 is 0. The van der Waals surface area contributed by atoms with Gasteiger partial charge in [-0.3, -0.25) is 0 Å². The van der Waals surface area contributed by atoms with Crippen LogP contribution in [0.2, 0.25) is 5.02 Å². The van der Waals surface area contributed by atoms with Crippen LogP contribution in [0.5, 0.6) is 0 Å². The van der Waals surface area contributed by atoms with E-state index in [0.29, 0.717) is 11.3 Å². The van der Waals surface area contributed by atoms with Gasteiger partial charge in [-0.2, -0.15) is 11.8 Å². The van der Waals surface area contributed by atoms with Gasteiger partial charge in [-0.15, -0.1) is 0 Å². The molecular weight excluding hydrogens is 274 g/mol. The Morgan fingerprint density at radius 3 is 2.74 bits per heavy atom. The number of rotatable bonds is 4. The summed E-state index contributed by atoms with van der Waals surface area (Å²) >= 11 is 8.20. The molecule has 3 heteroatoms. The van der Waals surface area contributed by atoms with Crippen molar-refractivity contribution in [2.75, 3.05) is 0 Å². The molecule has 0 saturated heterocycles. The zero-order valence-corrected chi connectivity index (χ0v) is 13.4. The Labute approximate surface area is 126 Å². The lowest BCUT2D eigenvalue weighted by Crippen LogP contribution is -2.39. The van der Waals surface area contributed by atoms with Crippen molar-refractivity contribution in [3.05, 3.63) is 34.9 Å². The number of benzene rings is 1. The first-order valence-electron chi connectivity index (χ1n) is 7.18. The molecule has 0 heterocycles. The molecule has 0 aliphatic heterocycles. The monoisotopic (exact) mass is 297 g/mol. The quantitative estimate of drug-likeness (QED) is 0.870. The number of hydrogen-bond acceptors (Lipinski definition) is 2. The molecule has 1 aromatic rings. The Bertz CT molecular complexity index is 407. The summed E-state index contributed by atoms with van der Waals surface area (Å²) in [4.78, 5) is 0. The first kappa shape index (κ1) is 15.2. The Balaban J connectivity index is 1.92.